The zero-order chi connectivity index (χ0) is 12.4. The SMILES string of the molecule is OC1CCN(Cc2cc(-c3cccs3)on2)CC1. The average Bonchev–Trinajstić information content (AvgIpc) is 3.02. The molecular formula is C13H16N2O2S. The quantitative estimate of drug-likeness (QED) is 0.924. The van der Waals surface area contributed by atoms with Gasteiger partial charge in [0, 0.05) is 25.7 Å². The highest BCUT2D eigenvalue weighted by molar-refractivity contribution is 7.13. The Morgan fingerprint density at radius 2 is 2.28 bits per heavy atom. The Hall–Kier alpha value is -1.17. The van der Waals surface area contributed by atoms with Gasteiger partial charge in [-0.05, 0) is 24.3 Å². The fourth-order valence-electron chi connectivity index (χ4n) is 2.23. The summed E-state index contributed by atoms with van der Waals surface area (Å²) in [5.74, 6) is 0.844. The minimum atomic E-state index is -0.125. The van der Waals surface area contributed by atoms with Gasteiger partial charge in [-0.2, -0.15) is 0 Å². The number of thiophene rings is 1. The molecular weight excluding hydrogens is 248 g/mol. The molecule has 0 bridgehead atoms. The predicted molar refractivity (Wildman–Crippen MR) is 70.3 cm³/mol. The summed E-state index contributed by atoms with van der Waals surface area (Å²) in [4.78, 5) is 3.42. The summed E-state index contributed by atoms with van der Waals surface area (Å²) in [7, 11) is 0. The van der Waals surface area contributed by atoms with Gasteiger partial charge in [-0.3, -0.25) is 4.90 Å². The van der Waals surface area contributed by atoms with Crippen molar-refractivity contribution in [2.75, 3.05) is 13.1 Å². The fourth-order valence-corrected chi connectivity index (χ4v) is 2.90. The molecule has 0 radical (unpaired) electrons. The molecule has 0 spiro atoms. The first kappa shape index (κ1) is 11.9. The number of nitrogens with zero attached hydrogens (tertiary/aromatic N) is 2. The van der Waals surface area contributed by atoms with Crippen LogP contribution in [0.5, 0.6) is 0 Å². The molecule has 3 rings (SSSR count). The summed E-state index contributed by atoms with van der Waals surface area (Å²) in [6.45, 7) is 2.67. The third kappa shape index (κ3) is 2.63. The summed E-state index contributed by atoms with van der Waals surface area (Å²) in [5, 5.41) is 15.6. The van der Waals surface area contributed by atoms with Crippen molar-refractivity contribution in [3.05, 3.63) is 29.3 Å². The van der Waals surface area contributed by atoms with Gasteiger partial charge in [0.2, 0.25) is 0 Å². The van der Waals surface area contributed by atoms with Crippen LogP contribution in [0.3, 0.4) is 0 Å². The second-order valence-corrected chi connectivity index (χ2v) is 5.61. The molecule has 1 aliphatic heterocycles. The Morgan fingerprint density at radius 3 is 3.00 bits per heavy atom. The van der Waals surface area contributed by atoms with E-state index in [0.29, 0.717) is 0 Å². The minimum Gasteiger partial charge on any atom is -0.393 e. The zero-order valence-electron chi connectivity index (χ0n) is 10.1. The van der Waals surface area contributed by atoms with Crippen molar-refractivity contribution in [3.63, 3.8) is 0 Å². The fraction of sp³-hybridized carbons (Fsp3) is 0.462. The third-order valence-electron chi connectivity index (χ3n) is 3.27. The molecule has 0 saturated carbocycles. The van der Waals surface area contributed by atoms with Crippen LogP contribution in [-0.4, -0.2) is 34.4 Å². The van der Waals surface area contributed by atoms with Gasteiger partial charge in [0.25, 0.3) is 0 Å². The van der Waals surface area contributed by atoms with E-state index in [-0.39, 0.29) is 6.10 Å². The maximum absolute atomic E-state index is 9.46. The largest absolute Gasteiger partial charge is 0.393 e. The van der Waals surface area contributed by atoms with Crippen LogP contribution in [0.15, 0.2) is 28.1 Å². The molecule has 3 heterocycles. The normalized spacial score (nSPS) is 18.3. The standard InChI is InChI=1S/C13H16N2O2S/c16-11-3-5-15(6-4-11)9-10-8-12(17-14-10)13-2-1-7-18-13/h1-2,7-8,11,16H,3-6,9H2. The van der Waals surface area contributed by atoms with Crippen LogP contribution in [0.25, 0.3) is 10.6 Å². The lowest BCUT2D eigenvalue weighted by Gasteiger charge is -2.28. The van der Waals surface area contributed by atoms with Crippen molar-refractivity contribution in [1.29, 1.82) is 0 Å². The van der Waals surface area contributed by atoms with Crippen molar-refractivity contribution < 1.29 is 9.63 Å². The number of aliphatic hydroxyl groups is 1. The molecule has 0 atom stereocenters. The molecule has 0 amide bonds. The molecule has 4 nitrogen and oxygen atoms in total. The van der Waals surface area contributed by atoms with Crippen molar-refractivity contribution in [2.24, 2.45) is 0 Å². The van der Waals surface area contributed by atoms with E-state index < -0.39 is 0 Å². The van der Waals surface area contributed by atoms with Gasteiger partial charge < -0.3 is 9.63 Å². The third-order valence-corrected chi connectivity index (χ3v) is 4.15. The van der Waals surface area contributed by atoms with E-state index in [2.05, 4.69) is 10.1 Å². The number of likely N-dealkylation sites (tertiary alicyclic amines) is 1. The number of piperidine rings is 1. The summed E-state index contributed by atoms with van der Waals surface area (Å²) < 4.78 is 5.36. The lowest BCUT2D eigenvalue weighted by molar-refractivity contribution is 0.0782. The first-order chi connectivity index (χ1) is 8.81. The van der Waals surface area contributed by atoms with Gasteiger partial charge in [0.05, 0.1) is 16.7 Å². The summed E-state index contributed by atoms with van der Waals surface area (Å²) in [6, 6.07) is 6.05. The van der Waals surface area contributed by atoms with Gasteiger partial charge in [-0.15, -0.1) is 11.3 Å². The zero-order valence-corrected chi connectivity index (χ0v) is 10.9. The molecule has 1 fully saturated rings. The predicted octanol–water partition coefficient (Wildman–Crippen LogP) is 2.36. The Labute approximate surface area is 110 Å². The Kier molecular flexibility index (Phi) is 3.45. The molecule has 2 aromatic heterocycles. The highest BCUT2D eigenvalue weighted by Crippen LogP contribution is 2.25. The Morgan fingerprint density at radius 1 is 1.44 bits per heavy atom. The molecule has 0 aliphatic carbocycles. The maximum Gasteiger partial charge on any atom is 0.177 e. The number of aromatic nitrogens is 1. The average molecular weight is 264 g/mol. The van der Waals surface area contributed by atoms with E-state index >= 15 is 0 Å². The number of rotatable bonds is 3. The topological polar surface area (TPSA) is 49.5 Å². The van der Waals surface area contributed by atoms with E-state index in [9.17, 15) is 5.11 Å². The summed E-state index contributed by atoms with van der Waals surface area (Å²) >= 11 is 1.66. The van der Waals surface area contributed by atoms with Gasteiger partial charge >= 0.3 is 0 Å². The smallest absolute Gasteiger partial charge is 0.177 e. The molecule has 0 unspecified atom stereocenters. The van der Waals surface area contributed by atoms with E-state index in [1.165, 1.54) is 0 Å². The van der Waals surface area contributed by atoms with E-state index in [1.807, 2.05) is 23.6 Å². The molecule has 2 aromatic rings. The number of aliphatic hydroxyl groups excluding tert-OH is 1. The summed E-state index contributed by atoms with van der Waals surface area (Å²) in [5.41, 5.74) is 0.967. The van der Waals surface area contributed by atoms with Gasteiger partial charge in [0.15, 0.2) is 5.76 Å². The molecule has 1 N–H and O–H groups in total. The second-order valence-electron chi connectivity index (χ2n) is 4.67. The number of hydrogen-bond donors (Lipinski definition) is 1. The monoisotopic (exact) mass is 264 g/mol. The lowest BCUT2D eigenvalue weighted by atomic mass is 10.1. The van der Waals surface area contributed by atoms with Crippen LogP contribution in [0.4, 0.5) is 0 Å². The minimum absolute atomic E-state index is 0.125. The molecule has 18 heavy (non-hydrogen) atoms. The Balaban J connectivity index is 1.64. The van der Waals surface area contributed by atoms with Gasteiger partial charge in [0.1, 0.15) is 0 Å². The Bertz CT molecular complexity index is 487. The maximum atomic E-state index is 9.46. The lowest BCUT2D eigenvalue weighted by Crippen LogP contribution is -2.35. The highest BCUT2D eigenvalue weighted by Gasteiger charge is 2.18. The molecule has 0 aromatic carbocycles. The molecule has 1 aliphatic rings. The second kappa shape index (κ2) is 5.22. The van der Waals surface area contributed by atoms with Crippen LogP contribution in [0.2, 0.25) is 0 Å². The number of hydrogen-bond acceptors (Lipinski definition) is 5. The van der Waals surface area contributed by atoms with E-state index in [0.717, 1.165) is 48.8 Å². The molecule has 96 valence electrons. The first-order valence-electron chi connectivity index (χ1n) is 6.21. The first-order valence-corrected chi connectivity index (χ1v) is 7.09. The van der Waals surface area contributed by atoms with Crippen molar-refractivity contribution >= 4 is 11.3 Å². The molecule has 1 saturated heterocycles. The van der Waals surface area contributed by atoms with Crippen LogP contribution in [-0.2, 0) is 6.54 Å². The van der Waals surface area contributed by atoms with Crippen LogP contribution < -0.4 is 0 Å². The van der Waals surface area contributed by atoms with Crippen LogP contribution in [0, 0.1) is 0 Å². The van der Waals surface area contributed by atoms with Crippen LogP contribution >= 0.6 is 11.3 Å². The van der Waals surface area contributed by atoms with Crippen molar-refractivity contribution in [1.82, 2.24) is 10.1 Å². The summed E-state index contributed by atoms with van der Waals surface area (Å²) in [6.07, 6.45) is 1.59. The highest BCUT2D eigenvalue weighted by atomic mass is 32.1. The van der Waals surface area contributed by atoms with Gasteiger partial charge in [-0.25, -0.2) is 0 Å². The van der Waals surface area contributed by atoms with Crippen molar-refractivity contribution in [3.8, 4) is 10.6 Å². The molecule has 5 heteroatoms. The van der Waals surface area contributed by atoms with E-state index in [1.54, 1.807) is 11.3 Å². The van der Waals surface area contributed by atoms with E-state index in [4.69, 9.17) is 4.52 Å². The van der Waals surface area contributed by atoms with Crippen molar-refractivity contribution in [2.45, 2.75) is 25.5 Å². The van der Waals surface area contributed by atoms with Gasteiger partial charge in [-0.1, -0.05) is 11.2 Å². The van der Waals surface area contributed by atoms with Crippen LogP contribution in [0.1, 0.15) is 18.5 Å².